The van der Waals surface area contributed by atoms with Crippen LogP contribution in [-0.2, 0) is 11.3 Å². The van der Waals surface area contributed by atoms with Gasteiger partial charge in [0.05, 0.1) is 6.54 Å². The summed E-state index contributed by atoms with van der Waals surface area (Å²) in [5.74, 6) is 1.27. The third-order valence-electron chi connectivity index (χ3n) is 4.44. The molecule has 26 heavy (non-hydrogen) atoms. The number of hydrogen-bond acceptors (Lipinski definition) is 5. The first-order valence-corrected chi connectivity index (χ1v) is 9.21. The second kappa shape index (κ2) is 8.47. The molecule has 0 radical (unpaired) electrons. The number of allylic oxidation sites excluding steroid dienone is 1. The average molecular weight is 375 g/mol. The molecule has 0 spiro atoms. The van der Waals surface area contributed by atoms with Gasteiger partial charge < -0.3 is 9.42 Å². The molecule has 0 atom stereocenters. The van der Waals surface area contributed by atoms with E-state index in [4.69, 9.17) is 16.1 Å². The highest BCUT2D eigenvalue weighted by atomic mass is 35.5. The monoisotopic (exact) mass is 374 g/mol. The van der Waals surface area contributed by atoms with E-state index in [9.17, 15) is 4.79 Å². The number of carbonyl (C=O) groups excluding carboxylic acids is 1. The first-order chi connectivity index (χ1) is 12.6. The second-order valence-corrected chi connectivity index (χ2v) is 6.82. The van der Waals surface area contributed by atoms with Gasteiger partial charge in [-0.3, -0.25) is 9.69 Å². The molecule has 1 saturated heterocycles. The smallest absolute Gasteiger partial charge is 0.249 e. The van der Waals surface area contributed by atoms with E-state index < -0.39 is 0 Å². The Morgan fingerprint density at radius 1 is 1.23 bits per heavy atom. The van der Waals surface area contributed by atoms with Crippen molar-refractivity contribution in [2.75, 3.05) is 26.2 Å². The molecule has 1 aliphatic heterocycles. The summed E-state index contributed by atoms with van der Waals surface area (Å²) in [6.07, 6.45) is 2.86. The maximum atomic E-state index is 12.3. The number of halogens is 1. The van der Waals surface area contributed by atoms with E-state index in [1.54, 1.807) is 12.1 Å². The van der Waals surface area contributed by atoms with Crippen molar-refractivity contribution in [3.05, 3.63) is 46.8 Å². The second-order valence-electron chi connectivity index (χ2n) is 6.38. The van der Waals surface area contributed by atoms with Crippen molar-refractivity contribution in [2.45, 2.75) is 26.8 Å². The molecule has 138 valence electrons. The Bertz CT molecular complexity index is 777. The Balaban J connectivity index is 1.54. The summed E-state index contributed by atoms with van der Waals surface area (Å²) in [7, 11) is 0. The fourth-order valence-corrected chi connectivity index (χ4v) is 3.10. The predicted molar refractivity (Wildman–Crippen MR) is 101 cm³/mol. The molecule has 1 aliphatic rings. The van der Waals surface area contributed by atoms with Crippen molar-refractivity contribution in [1.29, 1.82) is 0 Å². The topological polar surface area (TPSA) is 62.5 Å². The highest BCUT2D eigenvalue weighted by Gasteiger charge is 2.23. The van der Waals surface area contributed by atoms with Gasteiger partial charge in [-0.25, -0.2) is 0 Å². The van der Waals surface area contributed by atoms with Gasteiger partial charge >= 0.3 is 0 Å². The lowest BCUT2D eigenvalue weighted by Gasteiger charge is -2.34. The number of hydrogen-bond donors (Lipinski definition) is 0. The van der Waals surface area contributed by atoms with Crippen LogP contribution in [0.2, 0.25) is 5.02 Å². The molecule has 0 aliphatic carbocycles. The molecule has 1 fully saturated rings. The zero-order chi connectivity index (χ0) is 18.5. The molecule has 6 nitrogen and oxygen atoms in total. The molecule has 1 amide bonds. The first kappa shape index (κ1) is 18.6. The molecular weight excluding hydrogens is 352 g/mol. The van der Waals surface area contributed by atoms with Gasteiger partial charge in [-0.05, 0) is 37.6 Å². The van der Waals surface area contributed by atoms with Crippen LogP contribution in [0.1, 0.15) is 26.2 Å². The normalized spacial score (nSPS) is 16.1. The van der Waals surface area contributed by atoms with Crippen LogP contribution < -0.4 is 0 Å². The van der Waals surface area contributed by atoms with Crippen LogP contribution in [0.5, 0.6) is 0 Å². The third kappa shape index (κ3) is 4.51. The van der Waals surface area contributed by atoms with E-state index in [1.807, 2.05) is 37.0 Å². The Morgan fingerprint density at radius 3 is 2.58 bits per heavy atom. The van der Waals surface area contributed by atoms with Gasteiger partial charge in [-0.1, -0.05) is 29.8 Å². The van der Waals surface area contributed by atoms with Crippen LogP contribution in [0.25, 0.3) is 11.4 Å². The zero-order valence-electron chi connectivity index (χ0n) is 15.1. The molecule has 2 heterocycles. The molecule has 0 saturated carbocycles. The quantitative estimate of drug-likeness (QED) is 0.750. The zero-order valence-corrected chi connectivity index (χ0v) is 15.9. The van der Waals surface area contributed by atoms with E-state index in [1.165, 1.54) is 0 Å². The molecular formula is C19H23ClN4O2. The fourth-order valence-electron chi connectivity index (χ4n) is 2.98. The summed E-state index contributed by atoms with van der Waals surface area (Å²) < 4.78 is 5.37. The maximum absolute atomic E-state index is 12.3. The number of rotatable bonds is 5. The molecule has 0 bridgehead atoms. The Labute approximate surface area is 158 Å². The Kier molecular flexibility index (Phi) is 6.06. The Hall–Kier alpha value is -2.18. The van der Waals surface area contributed by atoms with Crippen molar-refractivity contribution in [1.82, 2.24) is 19.9 Å². The summed E-state index contributed by atoms with van der Waals surface area (Å²) in [6.45, 7) is 7.53. The van der Waals surface area contributed by atoms with Gasteiger partial charge in [0.2, 0.25) is 17.6 Å². The third-order valence-corrected chi connectivity index (χ3v) is 4.69. The van der Waals surface area contributed by atoms with Crippen molar-refractivity contribution < 1.29 is 9.32 Å². The standard InChI is InChI=1S/C19H23ClN4O2/c1-3-4-14(2)19(25)24-11-9-23(10-12-24)13-17-21-18(22-26-17)15-5-7-16(20)8-6-15/h4-8H,3,9-13H2,1-2H3/b14-4+. The Morgan fingerprint density at radius 2 is 1.92 bits per heavy atom. The largest absolute Gasteiger partial charge is 0.338 e. The van der Waals surface area contributed by atoms with Crippen LogP contribution in [-0.4, -0.2) is 52.0 Å². The number of amides is 1. The van der Waals surface area contributed by atoms with E-state index in [-0.39, 0.29) is 5.91 Å². The maximum Gasteiger partial charge on any atom is 0.249 e. The number of aromatic nitrogens is 2. The summed E-state index contributed by atoms with van der Waals surface area (Å²) in [5.41, 5.74) is 1.70. The van der Waals surface area contributed by atoms with Gasteiger partial charge in [0.25, 0.3) is 0 Å². The highest BCUT2D eigenvalue weighted by Crippen LogP contribution is 2.19. The van der Waals surface area contributed by atoms with Gasteiger partial charge in [0.1, 0.15) is 0 Å². The van der Waals surface area contributed by atoms with E-state index in [2.05, 4.69) is 15.0 Å². The lowest BCUT2D eigenvalue weighted by atomic mass is 10.2. The lowest BCUT2D eigenvalue weighted by molar-refractivity contribution is -0.128. The summed E-state index contributed by atoms with van der Waals surface area (Å²) in [5, 5.41) is 4.72. The molecule has 0 unspecified atom stereocenters. The predicted octanol–water partition coefficient (Wildman–Crippen LogP) is 3.39. The molecule has 0 N–H and O–H groups in total. The highest BCUT2D eigenvalue weighted by molar-refractivity contribution is 6.30. The fraction of sp³-hybridized carbons (Fsp3) is 0.421. The minimum Gasteiger partial charge on any atom is -0.338 e. The first-order valence-electron chi connectivity index (χ1n) is 8.83. The molecule has 3 rings (SSSR count). The number of piperazine rings is 1. The van der Waals surface area contributed by atoms with E-state index in [0.29, 0.717) is 36.4 Å². The van der Waals surface area contributed by atoms with Crippen molar-refractivity contribution in [2.24, 2.45) is 0 Å². The van der Waals surface area contributed by atoms with Crippen LogP contribution in [0.15, 0.2) is 40.4 Å². The molecule has 1 aromatic carbocycles. The van der Waals surface area contributed by atoms with Crippen LogP contribution in [0, 0.1) is 0 Å². The number of benzene rings is 1. The summed E-state index contributed by atoms with van der Waals surface area (Å²) in [4.78, 5) is 20.9. The van der Waals surface area contributed by atoms with Gasteiger partial charge in [-0.15, -0.1) is 0 Å². The van der Waals surface area contributed by atoms with Crippen LogP contribution >= 0.6 is 11.6 Å². The molecule has 2 aromatic rings. The van der Waals surface area contributed by atoms with Gasteiger partial charge in [0, 0.05) is 42.3 Å². The average Bonchev–Trinajstić information content (AvgIpc) is 3.11. The number of nitrogens with zero attached hydrogens (tertiary/aromatic N) is 4. The van der Waals surface area contributed by atoms with Crippen molar-refractivity contribution in [3.63, 3.8) is 0 Å². The van der Waals surface area contributed by atoms with Crippen molar-refractivity contribution in [3.8, 4) is 11.4 Å². The summed E-state index contributed by atoms with van der Waals surface area (Å²) >= 11 is 5.90. The lowest BCUT2D eigenvalue weighted by Crippen LogP contribution is -2.48. The minimum absolute atomic E-state index is 0.134. The van der Waals surface area contributed by atoms with E-state index >= 15 is 0 Å². The van der Waals surface area contributed by atoms with Crippen molar-refractivity contribution >= 4 is 17.5 Å². The molecule has 1 aromatic heterocycles. The SMILES string of the molecule is CC/C=C(\C)C(=O)N1CCN(Cc2nc(-c3ccc(Cl)cc3)no2)CC1. The molecule has 7 heteroatoms. The minimum atomic E-state index is 0.134. The van der Waals surface area contributed by atoms with E-state index in [0.717, 1.165) is 30.6 Å². The number of carbonyl (C=O) groups is 1. The van der Waals surface area contributed by atoms with Crippen LogP contribution in [0.3, 0.4) is 0 Å². The summed E-state index contributed by atoms with van der Waals surface area (Å²) in [6, 6.07) is 7.34. The van der Waals surface area contributed by atoms with Gasteiger partial charge in [-0.2, -0.15) is 4.98 Å². The van der Waals surface area contributed by atoms with Crippen LogP contribution in [0.4, 0.5) is 0 Å². The van der Waals surface area contributed by atoms with Gasteiger partial charge in [0.15, 0.2) is 0 Å².